The van der Waals surface area contributed by atoms with Gasteiger partial charge in [0.1, 0.15) is 12.1 Å². The van der Waals surface area contributed by atoms with Crippen molar-refractivity contribution in [2.24, 2.45) is 11.5 Å². The fourth-order valence-electron chi connectivity index (χ4n) is 5.96. The Morgan fingerprint density at radius 2 is 1.52 bits per heavy atom. The summed E-state index contributed by atoms with van der Waals surface area (Å²) in [6.07, 6.45) is 1.18. The van der Waals surface area contributed by atoms with Crippen LogP contribution in [0.3, 0.4) is 0 Å². The molecule has 5 rings (SSSR count). The van der Waals surface area contributed by atoms with Crippen molar-refractivity contribution in [3.05, 3.63) is 120 Å². The SMILES string of the molecule is NCCCNC(=O)C1C[C@@H](OCc2ccccc2)CN1C(=O)[C@H](Cc1ccccc1)NC(=O)[C@H](N)Cc1cccc2ccccc12. The second-order valence-corrected chi connectivity index (χ2v) is 11.8. The highest BCUT2D eigenvalue weighted by atomic mass is 16.5. The van der Waals surface area contributed by atoms with Gasteiger partial charge in [-0.05, 0) is 46.8 Å². The maximum atomic E-state index is 14.3. The number of benzene rings is 4. The molecule has 4 atom stereocenters. The predicted octanol–water partition coefficient (Wildman–Crippen LogP) is 3.09. The first-order valence-electron chi connectivity index (χ1n) is 15.9. The van der Waals surface area contributed by atoms with Crippen LogP contribution in [0.1, 0.15) is 29.5 Å². The Morgan fingerprint density at radius 3 is 2.26 bits per heavy atom. The van der Waals surface area contributed by atoms with E-state index in [9.17, 15) is 14.4 Å². The lowest BCUT2D eigenvalue weighted by molar-refractivity contribution is -0.141. The molecule has 9 heteroatoms. The molecule has 1 aliphatic heterocycles. The topological polar surface area (TPSA) is 140 Å². The second kappa shape index (κ2) is 16.1. The second-order valence-electron chi connectivity index (χ2n) is 11.8. The normalized spacial score (nSPS) is 17.4. The van der Waals surface area contributed by atoms with Gasteiger partial charge in [-0.3, -0.25) is 14.4 Å². The van der Waals surface area contributed by atoms with Gasteiger partial charge in [-0.25, -0.2) is 0 Å². The van der Waals surface area contributed by atoms with Gasteiger partial charge >= 0.3 is 0 Å². The average Bonchev–Trinajstić information content (AvgIpc) is 3.52. The summed E-state index contributed by atoms with van der Waals surface area (Å²) in [5, 5.41) is 7.97. The van der Waals surface area contributed by atoms with Gasteiger partial charge < -0.3 is 31.7 Å². The average molecular weight is 622 g/mol. The van der Waals surface area contributed by atoms with Crippen LogP contribution in [-0.4, -0.2) is 66.5 Å². The molecule has 1 unspecified atom stereocenters. The number of hydrogen-bond donors (Lipinski definition) is 4. The minimum Gasteiger partial charge on any atom is -0.372 e. The molecule has 3 amide bonds. The third-order valence-electron chi connectivity index (χ3n) is 8.41. The summed E-state index contributed by atoms with van der Waals surface area (Å²) >= 11 is 0. The maximum Gasteiger partial charge on any atom is 0.246 e. The molecular weight excluding hydrogens is 578 g/mol. The number of nitrogens with one attached hydrogen (secondary N) is 2. The number of rotatable bonds is 14. The van der Waals surface area contributed by atoms with E-state index in [4.69, 9.17) is 16.2 Å². The molecule has 9 nitrogen and oxygen atoms in total. The van der Waals surface area contributed by atoms with E-state index in [1.807, 2.05) is 103 Å². The van der Waals surface area contributed by atoms with Crippen LogP contribution in [0.2, 0.25) is 0 Å². The number of likely N-dealkylation sites (tertiary alicyclic amines) is 1. The van der Waals surface area contributed by atoms with E-state index in [0.717, 1.165) is 27.5 Å². The number of carbonyl (C=O) groups is 3. The molecule has 4 aromatic carbocycles. The van der Waals surface area contributed by atoms with Gasteiger partial charge in [0.2, 0.25) is 17.7 Å². The van der Waals surface area contributed by atoms with Gasteiger partial charge in [-0.2, -0.15) is 0 Å². The molecule has 46 heavy (non-hydrogen) atoms. The lowest BCUT2D eigenvalue weighted by Crippen LogP contribution is -2.56. The van der Waals surface area contributed by atoms with Crippen molar-refractivity contribution in [1.82, 2.24) is 15.5 Å². The number of hydrogen-bond acceptors (Lipinski definition) is 6. The van der Waals surface area contributed by atoms with Crippen molar-refractivity contribution in [2.75, 3.05) is 19.6 Å². The van der Waals surface area contributed by atoms with Gasteiger partial charge in [0, 0.05) is 25.9 Å². The molecule has 1 aliphatic rings. The first-order chi connectivity index (χ1) is 22.4. The predicted molar refractivity (Wildman–Crippen MR) is 180 cm³/mol. The van der Waals surface area contributed by atoms with Gasteiger partial charge in [0.25, 0.3) is 0 Å². The third kappa shape index (κ3) is 8.57. The molecule has 0 spiro atoms. The lowest BCUT2D eigenvalue weighted by Gasteiger charge is -2.29. The van der Waals surface area contributed by atoms with E-state index in [1.165, 1.54) is 0 Å². The van der Waals surface area contributed by atoms with E-state index in [-0.39, 0.29) is 30.9 Å². The Bertz CT molecular complexity index is 1590. The van der Waals surface area contributed by atoms with Crippen molar-refractivity contribution in [2.45, 2.75) is 56.5 Å². The number of ether oxygens (including phenoxy) is 1. The quantitative estimate of drug-likeness (QED) is 0.160. The number of amides is 3. The van der Waals surface area contributed by atoms with E-state index in [0.29, 0.717) is 39.0 Å². The number of nitrogens with two attached hydrogens (primary N) is 2. The highest BCUT2D eigenvalue weighted by molar-refractivity contribution is 5.94. The molecule has 0 bridgehead atoms. The van der Waals surface area contributed by atoms with Crippen LogP contribution in [0.15, 0.2) is 103 Å². The fraction of sp³-hybridized carbons (Fsp3) is 0.324. The van der Waals surface area contributed by atoms with Crippen LogP contribution in [-0.2, 0) is 38.6 Å². The zero-order valence-electron chi connectivity index (χ0n) is 26.0. The zero-order valence-corrected chi connectivity index (χ0v) is 26.0. The summed E-state index contributed by atoms with van der Waals surface area (Å²) in [5.74, 6) is -1.04. The number of nitrogens with zero attached hydrogens (tertiary/aromatic N) is 1. The summed E-state index contributed by atoms with van der Waals surface area (Å²) in [6.45, 7) is 1.45. The van der Waals surface area contributed by atoms with Crippen molar-refractivity contribution in [3.8, 4) is 0 Å². The molecule has 0 radical (unpaired) electrons. The summed E-state index contributed by atoms with van der Waals surface area (Å²) < 4.78 is 6.19. The van der Waals surface area contributed by atoms with Crippen LogP contribution in [0.25, 0.3) is 10.8 Å². The summed E-state index contributed by atoms with van der Waals surface area (Å²) in [4.78, 5) is 42.8. The largest absolute Gasteiger partial charge is 0.372 e. The molecular formula is C37H43N5O4. The van der Waals surface area contributed by atoms with Crippen molar-refractivity contribution in [3.63, 3.8) is 0 Å². The maximum absolute atomic E-state index is 14.3. The van der Waals surface area contributed by atoms with Crippen LogP contribution < -0.4 is 22.1 Å². The summed E-state index contributed by atoms with van der Waals surface area (Å²) in [6, 6.07) is 30.6. The highest BCUT2D eigenvalue weighted by Gasteiger charge is 2.42. The van der Waals surface area contributed by atoms with E-state index < -0.39 is 24.0 Å². The molecule has 0 aliphatic carbocycles. The first-order valence-corrected chi connectivity index (χ1v) is 15.9. The zero-order chi connectivity index (χ0) is 32.3. The lowest BCUT2D eigenvalue weighted by atomic mass is 9.98. The Morgan fingerprint density at radius 1 is 0.848 bits per heavy atom. The van der Waals surface area contributed by atoms with Gasteiger partial charge in [-0.1, -0.05) is 103 Å². The van der Waals surface area contributed by atoms with Crippen LogP contribution in [0.5, 0.6) is 0 Å². The number of carbonyl (C=O) groups excluding carboxylic acids is 3. The molecule has 4 aromatic rings. The van der Waals surface area contributed by atoms with Crippen molar-refractivity contribution < 1.29 is 19.1 Å². The third-order valence-corrected chi connectivity index (χ3v) is 8.41. The van der Waals surface area contributed by atoms with Gasteiger partial charge in [0.15, 0.2) is 0 Å². The Hall–Kier alpha value is -4.57. The summed E-state index contributed by atoms with van der Waals surface area (Å²) in [7, 11) is 0. The molecule has 1 heterocycles. The standard InChI is InChI=1S/C37H43N5O4/c38-19-10-20-40-36(44)34-23-30(46-25-27-13-5-2-6-14-27)24-42(34)37(45)33(21-26-11-3-1-4-12-26)41-35(43)32(39)22-29-17-9-16-28-15-7-8-18-31(28)29/h1-9,11-18,30,32-34H,10,19-25,38-39H2,(H,40,44)(H,41,43)/t30-,32-,33+,34?/m1/s1. The van der Waals surface area contributed by atoms with Crippen molar-refractivity contribution >= 4 is 28.5 Å². The van der Waals surface area contributed by atoms with Gasteiger partial charge in [0.05, 0.1) is 18.8 Å². The van der Waals surface area contributed by atoms with E-state index in [2.05, 4.69) is 10.6 Å². The summed E-state index contributed by atoms with van der Waals surface area (Å²) in [5.41, 5.74) is 14.9. The fourth-order valence-corrected chi connectivity index (χ4v) is 5.96. The molecule has 1 fully saturated rings. The van der Waals surface area contributed by atoms with Crippen LogP contribution in [0.4, 0.5) is 0 Å². The van der Waals surface area contributed by atoms with Crippen molar-refractivity contribution in [1.29, 1.82) is 0 Å². The van der Waals surface area contributed by atoms with Crippen LogP contribution in [0, 0.1) is 0 Å². The first kappa shape index (κ1) is 32.8. The smallest absolute Gasteiger partial charge is 0.246 e. The molecule has 0 aromatic heterocycles. The number of fused-ring (bicyclic) bond motifs is 1. The molecule has 6 N–H and O–H groups in total. The highest BCUT2D eigenvalue weighted by Crippen LogP contribution is 2.24. The van der Waals surface area contributed by atoms with Gasteiger partial charge in [-0.15, -0.1) is 0 Å². The molecule has 240 valence electrons. The minimum absolute atomic E-state index is 0.226. The van der Waals surface area contributed by atoms with E-state index >= 15 is 0 Å². The van der Waals surface area contributed by atoms with Crippen LogP contribution >= 0.6 is 0 Å². The Balaban J connectivity index is 1.34. The monoisotopic (exact) mass is 621 g/mol. The molecule has 0 saturated carbocycles. The van der Waals surface area contributed by atoms with E-state index in [1.54, 1.807) is 4.90 Å². The Labute approximate surface area is 270 Å². The minimum atomic E-state index is -0.930. The molecule has 1 saturated heterocycles. The Kier molecular flexibility index (Phi) is 11.5.